The van der Waals surface area contributed by atoms with Crippen molar-refractivity contribution in [2.24, 2.45) is 7.05 Å². The molecule has 0 aliphatic heterocycles. The lowest BCUT2D eigenvalue weighted by Crippen LogP contribution is -2.30. The van der Waals surface area contributed by atoms with Gasteiger partial charge in [-0.3, -0.25) is 4.68 Å². The quantitative estimate of drug-likeness (QED) is 0.288. The fourth-order valence-corrected chi connectivity index (χ4v) is 4.41. The van der Waals surface area contributed by atoms with Gasteiger partial charge in [0.1, 0.15) is 22.9 Å². The van der Waals surface area contributed by atoms with Crippen molar-refractivity contribution >= 4 is 22.8 Å². The summed E-state index contributed by atoms with van der Waals surface area (Å²) < 4.78 is 29.6. The summed E-state index contributed by atoms with van der Waals surface area (Å²) in [4.78, 5) is 16.5. The predicted molar refractivity (Wildman–Crippen MR) is 140 cm³/mol. The molecule has 0 aliphatic carbocycles. The third kappa shape index (κ3) is 5.74. The second-order valence-electron chi connectivity index (χ2n) is 9.58. The molecule has 0 bridgehead atoms. The highest BCUT2D eigenvalue weighted by molar-refractivity contribution is 6.02. The lowest BCUT2D eigenvalue weighted by molar-refractivity contribution is 0.143. The highest BCUT2D eigenvalue weighted by atomic mass is 19.1. The van der Waals surface area contributed by atoms with Crippen LogP contribution in [0.1, 0.15) is 42.4 Å². The number of rotatable bonds is 5. The summed E-state index contributed by atoms with van der Waals surface area (Å²) in [6, 6.07) is 9.16. The number of carboxylic acid groups (broad SMARTS) is 1. The Labute approximate surface area is 218 Å². The van der Waals surface area contributed by atoms with Crippen LogP contribution < -0.4 is 11.1 Å². The van der Waals surface area contributed by atoms with Crippen LogP contribution in [0.5, 0.6) is 0 Å². The molecule has 0 saturated carbocycles. The van der Waals surface area contributed by atoms with Gasteiger partial charge in [0.15, 0.2) is 5.82 Å². The summed E-state index contributed by atoms with van der Waals surface area (Å²) in [7, 11) is 1.75. The molecule has 8 nitrogen and oxygen atoms in total. The first kappa shape index (κ1) is 26.6. The molecule has 1 unspecified atom stereocenters. The molecule has 1 atom stereocenters. The van der Waals surface area contributed by atoms with Crippen LogP contribution in [0.4, 0.5) is 19.4 Å². The van der Waals surface area contributed by atoms with Crippen LogP contribution >= 0.6 is 0 Å². The number of hydrogen-bond acceptors (Lipinski definition) is 5. The number of aromatic nitrogens is 3. The first-order chi connectivity index (χ1) is 17.8. The minimum Gasteiger partial charge on any atom is -0.465 e. The molecule has 0 spiro atoms. The molecule has 2 aromatic carbocycles. The number of hydrogen-bond donors (Lipinski definition) is 4. The van der Waals surface area contributed by atoms with E-state index in [1.807, 2.05) is 19.1 Å². The van der Waals surface area contributed by atoms with Gasteiger partial charge in [-0.2, -0.15) is 5.10 Å². The highest BCUT2D eigenvalue weighted by Gasteiger charge is 2.24. The first-order valence-electron chi connectivity index (χ1n) is 11.8. The normalized spacial score (nSPS) is 12.2. The SMILES string of the molecule is Cc1ccc(-c2ccc(C#CC(C)(C)O)nc2C(Cc2cc(F)cc(F)c2)NC(=O)O)c2c1c(N)nn2C. The van der Waals surface area contributed by atoms with E-state index in [0.717, 1.165) is 29.1 Å². The van der Waals surface area contributed by atoms with Crippen molar-refractivity contribution in [3.63, 3.8) is 0 Å². The van der Waals surface area contributed by atoms with Crippen molar-refractivity contribution < 1.29 is 23.8 Å². The molecule has 4 rings (SSSR count). The van der Waals surface area contributed by atoms with Gasteiger partial charge in [-0.15, -0.1) is 0 Å². The number of nitrogens with zero attached hydrogens (tertiary/aromatic N) is 3. The number of pyridine rings is 1. The van der Waals surface area contributed by atoms with Gasteiger partial charge in [-0.05, 0) is 68.5 Å². The van der Waals surface area contributed by atoms with E-state index in [0.29, 0.717) is 22.5 Å². The summed E-state index contributed by atoms with van der Waals surface area (Å²) in [5.74, 6) is 4.29. The average molecular weight is 520 g/mol. The first-order valence-corrected chi connectivity index (χ1v) is 11.8. The number of nitrogens with one attached hydrogen (secondary N) is 1. The zero-order valence-electron chi connectivity index (χ0n) is 21.3. The van der Waals surface area contributed by atoms with Crippen molar-refractivity contribution in [3.05, 3.63) is 76.6 Å². The van der Waals surface area contributed by atoms with Crippen LogP contribution in [0.15, 0.2) is 42.5 Å². The van der Waals surface area contributed by atoms with Gasteiger partial charge in [-0.25, -0.2) is 18.6 Å². The standard InChI is InChI=1S/C28H27F2N5O3/c1-15-5-7-21(25-23(15)26(31)34-35(25)4)20-8-6-19(9-10-28(2,3)38)32-24(20)22(33-27(36)37)13-16-11-17(29)14-18(30)12-16/h5-8,11-12,14,22,33,38H,13H2,1-4H3,(H2,31,34)(H,36,37). The number of nitrogen functional groups attached to an aromatic ring is 1. The van der Waals surface area contributed by atoms with Crippen LogP contribution in [0.3, 0.4) is 0 Å². The predicted octanol–water partition coefficient (Wildman–Crippen LogP) is 4.48. The maximum atomic E-state index is 14.0. The number of fused-ring (bicyclic) bond motifs is 1. The number of halogens is 2. The van der Waals surface area contributed by atoms with Crippen molar-refractivity contribution in [3.8, 4) is 23.0 Å². The lowest BCUT2D eigenvalue weighted by atomic mass is 9.93. The summed E-state index contributed by atoms with van der Waals surface area (Å²) in [5, 5.41) is 27.2. The highest BCUT2D eigenvalue weighted by Crippen LogP contribution is 2.37. The minimum atomic E-state index is -1.34. The molecule has 1 amide bonds. The van der Waals surface area contributed by atoms with Gasteiger partial charge in [0.05, 0.1) is 17.3 Å². The van der Waals surface area contributed by atoms with Gasteiger partial charge >= 0.3 is 6.09 Å². The number of aryl methyl sites for hydroxylation is 2. The third-order valence-electron chi connectivity index (χ3n) is 5.93. The molecular weight excluding hydrogens is 492 g/mol. The number of benzene rings is 2. The van der Waals surface area contributed by atoms with Crippen molar-refractivity contribution in [1.29, 1.82) is 0 Å². The summed E-state index contributed by atoms with van der Waals surface area (Å²) >= 11 is 0. The molecule has 10 heteroatoms. The van der Waals surface area contributed by atoms with Gasteiger partial charge in [0.2, 0.25) is 0 Å². The molecule has 5 N–H and O–H groups in total. The van der Waals surface area contributed by atoms with Gasteiger partial charge < -0.3 is 21.3 Å². The summed E-state index contributed by atoms with van der Waals surface area (Å²) in [5.41, 5.74) is 8.55. The molecule has 2 heterocycles. The average Bonchev–Trinajstić information content (AvgIpc) is 3.11. The van der Waals surface area contributed by atoms with E-state index in [1.165, 1.54) is 13.8 Å². The maximum Gasteiger partial charge on any atom is 0.405 e. The number of anilines is 1. The summed E-state index contributed by atoms with van der Waals surface area (Å²) in [6.07, 6.45) is -1.43. The lowest BCUT2D eigenvalue weighted by Gasteiger charge is -2.21. The van der Waals surface area contributed by atoms with Crippen LogP contribution in [0.25, 0.3) is 22.0 Å². The second kappa shape index (κ2) is 10.1. The molecule has 2 aromatic heterocycles. The Hall–Kier alpha value is -4.49. The molecule has 0 aliphatic rings. The third-order valence-corrected chi connectivity index (χ3v) is 5.93. The van der Waals surface area contributed by atoms with Gasteiger partial charge in [0, 0.05) is 29.6 Å². The number of amides is 1. The topological polar surface area (TPSA) is 126 Å². The van der Waals surface area contributed by atoms with Crippen LogP contribution in [0, 0.1) is 30.4 Å². The van der Waals surface area contributed by atoms with Crippen LogP contribution in [0.2, 0.25) is 0 Å². The Morgan fingerprint density at radius 1 is 1.16 bits per heavy atom. The van der Waals surface area contributed by atoms with E-state index in [9.17, 15) is 23.8 Å². The molecule has 0 radical (unpaired) electrons. The Bertz CT molecular complexity index is 1590. The fourth-order valence-electron chi connectivity index (χ4n) is 4.41. The van der Waals surface area contributed by atoms with E-state index >= 15 is 0 Å². The Balaban J connectivity index is 1.98. The number of aliphatic hydroxyl groups is 1. The molecule has 38 heavy (non-hydrogen) atoms. The van der Waals surface area contributed by atoms with Crippen LogP contribution in [-0.4, -0.2) is 36.7 Å². The Kier molecular flexibility index (Phi) is 7.07. The second-order valence-corrected chi connectivity index (χ2v) is 9.58. The molecule has 0 fully saturated rings. The Morgan fingerprint density at radius 2 is 1.82 bits per heavy atom. The zero-order valence-corrected chi connectivity index (χ0v) is 21.3. The van der Waals surface area contributed by atoms with E-state index in [2.05, 4.69) is 27.2 Å². The smallest absolute Gasteiger partial charge is 0.405 e. The minimum absolute atomic E-state index is 0.0914. The van der Waals surface area contributed by atoms with Crippen LogP contribution in [-0.2, 0) is 13.5 Å². The van der Waals surface area contributed by atoms with E-state index in [1.54, 1.807) is 23.9 Å². The van der Waals surface area contributed by atoms with Crippen molar-refractivity contribution in [2.75, 3.05) is 5.73 Å². The fraction of sp³-hybridized carbons (Fsp3) is 0.250. The van der Waals surface area contributed by atoms with E-state index < -0.39 is 29.4 Å². The van der Waals surface area contributed by atoms with E-state index in [-0.39, 0.29) is 23.4 Å². The monoisotopic (exact) mass is 519 g/mol. The van der Waals surface area contributed by atoms with Gasteiger partial charge in [0.25, 0.3) is 0 Å². The van der Waals surface area contributed by atoms with Crippen molar-refractivity contribution in [1.82, 2.24) is 20.1 Å². The number of nitrogens with two attached hydrogens (primary N) is 1. The van der Waals surface area contributed by atoms with Gasteiger partial charge in [-0.1, -0.05) is 18.1 Å². The van der Waals surface area contributed by atoms with E-state index in [4.69, 9.17) is 5.73 Å². The molecular formula is C28H27F2N5O3. The molecule has 196 valence electrons. The largest absolute Gasteiger partial charge is 0.465 e. The Morgan fingerprint density at radius 3 is 2.45 bits per heavy atom. The number of carbonyl (C=O) groups is 1. The maximum absolute atomic E-state index is 14.0. The zero-order chi connectivity index (χ0) is 27.8. The molecule has 4 aromatic rings. The van der Waals surface area contributed by atoms with Crippen molar-refractivity contribution in [2.45, 2.75) is 38.8 Å². The summed E-state index contributed by atoms with van der Waals surface area (Å²) in [6.45, 7) is 4.96. The molecule has 0 saturated heterocycles.